The molecule has 1 fully saturated rings. The quantitative estimate of drug-likeness (QED) is 0.791. The summed E-state index contributed by atoms with van der Waals surface area (Å²) >= 11 is 1.84. The van der Waals surface area contributed by atoms with Crippen LogP contribution in [0.3, 0.4) is 0 Å². The van der Waals surface area contributed by atoms with Gasteiger partial charge in [0.1, 0.15) is 0 Å². The number of carbonyl (C=O) groups excluding carboxylic acids is 2. The van der Waals surface area contributed by atoms with E-state index in [1.807, 2.05) is 22.7 Å². The van der Waals surface area contributed by atoms with Crippen molar-refractivity contribution in [3.05, 3.63) is 42.0 Å². The van der Waals surface area contributed by atoms with Crippen LogP contribution in [0.5, 0.6) is 0 Å². The highest BCUT2D eigenvalue weighted by atomic mass is 32.2. The van der Waals surface area contributed by atoms with E-state index in [4.69, 9.17) is 0 Å². The van der Waals surface area contributed by atoms with E-state index in [0.717, 1.165) is 24.6 Å². The first kappa shape index (κ1) is 18.5. The Labute approximate surface area is 156 Å². The predicted octanol–water partition coefficient (Wildman–Crippen LogP) is 2.48. The number of thioether (sulfide) groups is 1. The van der Waals surface area contributed by atoms with Crippen LogP contribution < -0.4 is 5.32 Å². The molecule has 1 aliphatic carbocycles. The van der Waals surface area contributed by atoms with Crippen molar-refractivity contribution in [1.82, 2.24) is 4.90 Å². The Bertz CT molecular complexity index is 728. The molecule has 1 saturated heterocycles. The average molecular weight is 374 g/mol. The first-order valence-corrected chi connectivity index (χ1v) is 9.87. The lowest BCUT2D eigenvalue weighted by Crippen LogP contribution is -2.38. The van der Waals surface area contributed by atoms with Gasteiger partial charge < -0.3 is 15.3 Å². The lowest BCUT2D eigenvalue weighted by molar-refractivity contribution is -0.146. The largest absolute Gasteiger partial charge is 0.481 e. The summed E-state index contributed by atoms with van der Waals surface area (Å²) in [5.41, 5.74) is 1.05. The molecule has 2 amide bonds. The van der Waals surface area contributed by atoms with Gasteiger partial charge in [-0.3, -0.25) is 14.4 Å². The van der Waals surface area contributed by atoms with Crippen LogP contribution >= 0.6 is 11.8 Å². The Kier molecular flexibility index (Phi) is 5.98. The third kappa shape index (κ3) is 4.27. The van der Waals surface area contributed by atoms with Crippen LogP contribution in [0.2, 0.25) is 0 Å². The van der Waals surface area contributed by atoms with Crippen molar-refractivity contribution < 1.29 is 19.5 Å². The standard InChI is InChI=1S/C19H22N2O4S/c22-17(15-6-1-2-7-16(15)19(24)25)20-14-5-3-4-13(12-14)18(23)21-8-10-26-11-9-21/h1-5,12,15-16H,6-11H2,(H,20,22)(H,24,25)/t15-,16+/m1/s1. The number of hydrogen-bond acceptors (Lipinski definition) is 4. The average Bonchev–Trinajstić information content (AvgIpc) is 2.68. The summed E-state index contributed by atoms with van der Waals surface area (Å²) in [5, 5.41) is 12.1. The van der Waals surface area contributed by atoms with E-state index in [0.29, 0.717) is 24.1 Å². The number of nitrogens with one attached hydrogen (secondary N) is 1. The van der Waals surface area contributed by atoms with Crippen molar-refractivity contribution in [2.75, 3.05) is 29.9 Å². The number of carbonyl (C=O) groups is 3. The lowest BCUT2D eigenvalue weighted by Gasteiger charge is -2.27. The second kappa shape index (κ2) is 8.40. The number of anilines is 1. The van der Waals surface area contributed by atoms with Crippen molar-refractivity contribution >= 4 is 35.2 Å². The first-order valence-electron chi connectivity index (χ1n) is 8.72. The topological polar surface area (TPSA) is 86.7 Å². The summed E-state index contributed by atoms with van der Waals surface area (Å²) in [6, 6.07) is 6.85. The van der Waals surface area contributed by atoms with E-state index in [1.165, 1.54) is 0 Å². The number of carboxylic acids is 1. The molecule has 0 bridgehead atoms. The van der Waals surface area contributed by atoms with E-state index < -0.39 is 17.8 Å². The number of benzene rings is 1. The van der Waals surface area contributed by atoms with E-state index in [9.17, 15) is 19.5 Å². The Morgan fingerprint density at radius 3 is 2.46 bits per heavy atom. The molecule has 138 valence electrons. The van der Waals surface area contributed by atoms with Gasteiger partial charge in [0.2, 0.25) is 5.91 Å². The molecule has 2 N–H and O–H groups in total. The molecule has 6 nitrogen and oxygen atoms in total. The van der Waals surface area contributed by atoms with Gasteiger partial charge in [0.15, 0.2) is 0 Å². The van der Waals surface area contributed by atoms with Crippen molar-refractivity contribution in [2.45, 2.75) is 12.8 Å². The molecule has 1 aromatic carbocycles. The van der Waals surface area contributed by atoms with E-state index in [2.05, 4.69) is 5.32 Å². The molecule has 3 rings (SSSR count). The number of hydrogen-bond donors (Lipinski definition) is 2. The molecule has 26 heavy (non-hydrogen) atoms. The molecule has 2 atom stereocenters. The van der Waals surface area contributed by atoms with E-state index >= 15 is 0 Å². The molecule has 2 aliphatic rings. The van der Waals surface area contributed by atoms with Gasteiger partial charge in [-0.2, -0.15) is 11.8 Å². The van der Waals surface area contributed by atoms with Gasteiger partial charge in [-0.05, 0) is 31.0 Å². The van der Waals surface area contributed by atoms with Crippen molar-refractivity contribution in [2.24, 2.45) is 11.8 Å². The highest BCUT2D eigenvalue weighted by Crippen LogP contribution is 2.27. The molecule has 1 aliphatic heterocycles. The minimum Gasteiger partial charge on any atom is -0.481 e. The van der Waals surface area contributed by atoms with Gasteiger partial charge in [0, 0.05) is 35.8 Å². The van der Waals surface area contributed by atoms with Gasteiger partial charge in [0.25, 0.3) is 5.91 Å². The summed E-state index contributed by atoms with van der Waals surface area (Å²) in [6.45, 7) is 1.46. The first-order chi connectivity index (χ1) is 12.6. The smallest absolute Gasteiger partial charge is 0.307 e. The van der Waals surface area contributed by atoms with Crippen LogP contribution in [0.25, 0.3) is 0 Å². The molecule has 0 unspecified atom stereocenters. The Morgan fingerprint density at radius 2 is 1.77 bits per heavy atom. The number of nitrogens with zero attached hydrogens (tertiary/aromatic N) is 1. The second-order valence-corrected chi connectivity index (χ2v) is 7.69. The molecule has 7 heteroatoms. The van der Waals surface area contributed by atoms with Crippen LogP contribution in [0.1, 0.15) is 23.2 Å². The zero-order valence-electron chi connectivity index (χ0n) is 14.4. The summed E-state index contributed by atoms with van der Waals surface area (Å²) in [7, 11) is 0. The van der Waals surface area contributed by atoms with Crippen LogP contribution in [-0.2, 0) is 9.59 Å². The number of allylic oxidation sites excluding steroid dienone is 2. The van der Waals surface area contributed by atoms with Gasteiger partial charge in [-0.15, -0.1) is 0 Å². The minimum atomic E-state index is -0.957. The monoisotopic (exact) mass is 374 g/mol. The Morgan fingerprint density at radius 1 is 1.08 bits per heavy atom. The maximum Gasteiger partial charge on any atom is 0.307 e. The highest BCUT2D eigenvalue weighted by molar-refractivity contribution is 7.99. The molecule has 0 radical (unpaired) electrons. The van der Waals surface area contributed by atoms with Crippen molar-refractivity contribution in [3.8, 4) is 0 Å². The van der Waals surface area contributed by atoms with Gasteiger partial charge in [-0.1, -0.05) is 18.2 Å². The van der Waals surface area contributed by atoms with Crippen molar-refractivity contribution in [1.29, 1.82) is 0 Å². The Hall–Kier alpha value is -2.28. The number of aliphatic carboxylic acids is 1. The zero-order chi connectivity index (χ0) is 18.5. The SMILES string of the molecule is O=C(O)[C@H]1CC=CC[C@H]1C(=O)Nc1cccc(C(=O)N2CCSCC2)c1. The minimum absolute atomic E-state index is 0.0367. The molecule has 1 aromatic rings. The summed E-state index contributed by atoms with van der Waals surface area (Å²) in [5.74, 6) is -0.749. The third-order valence-electron chi connectivity index (χ3n) is 4.76. The van der Waals surface area contributed by atoms with Gasteiger partial charge in [-0.25, -0.2) is 0 Å². The molecular weight excluding hydrogens is 352 g/mol. The molecule has 0 saturated carbocycles. The normalized spacial score (nSPS) is 22.7. The van der Waals surface area contributed by atoms with Crippen LogP contribution in [0.4, 0.5) is 5.69 Å². The number of amides is 2. The summed E-state index contributed by atoms with van der Waals surface area (Å²) in [4.78, 5) is 38.4. The van der Waals surface area contributed by atoms with Crippen LogP contribution in [-0.4, -0.2) is 52.4 Å². The number of carboxylic acid groups (broad SMARTS) is 1. The summed E-state index contributed by atoms with van der Waals surface area (Å²) < 4.78 is 0. The van der Waals surface area contributed by atoms with E-state index in [-0.39, 0.29) is 11.8 Å². The lowest BCUT2D eigenvalue weighted by atomic mass is 9.82. The molecular formula is C19H22N2O4S. The maximum absolute atomic E-state index is 12.6. The Balaban J connectivity index is 1.70. The fourth-order valence-corrected chi connectivity index (χ4v) is 4.19. The molecule has 0 spiro atoms. The molecule has 1 heterocycles. The number of rotatable bonds is 4. The van der Waals surface area contributed by atoms with Crippen molar-refractivity contribution in [3.63, 3.8) is 0 Å². The van der Waals surface area contributed by atoms with Crippen LogP contribution in [0, 0.1) is 11.8 Å². The van der Waals surface area contributed by atoms with Gasteiger partial charge in [0.05, 0.1) is 11.8 Å². The maximum atomic E-state index is 12.6. The third-order valence-corrected chi connectivity index (χ3v) is 5.70. The zero-order valence-corrected chi connectivity index (χ0v) is 15.2. The van der Waals surface area contributed by atoms with Crippen LogP contribution in [0.15, 0.2) is 36.4 Å². The predicted molar refractivity (Wildman–Crippen MR) is 101 cm³/mol. The fraction of sp³-hybridized carbons (Fsp3) is 0.421. The van der Waals surface area contributed by atoms with Gasteiger partial charge >= 0.3 is 5.97 Å². The molecule has 0 aromatic heterocycles. The fourth-order valence-electron chi connectivity index (χ4n) is 3.29. The highest BCUT2D eigenvalue weighted by Gasteiger charge is 2.34. The van der Waals surface area contributed by atoms with E-state index in [1.54, 1.807) is 30.3 Å². The summed E-state index contributed by atoms with van der Waals surface area (Å²) in [6.07, 6.45) is 4.42. The second-order valence-electron chi connectivity index (χ2n) is 6.47.